The molecule has 0 aromatic heterocycles. The lowest BCUT2D eigenvalue weighted by Crippen LogP contribution is -2.34. The maximum atomic E-state index is 11.7. The fraction of sp³-hybridized carbons (Fsp3) is 0.533. The van der Waals surface area contributed by atoms with E-state index < -0.39 is 0 Å². The van der Waals surface area contributed by atoms with Crippen LogP contribution in [0.2, 0.25) is 0 Å². The molecule has 1 aliphatic rings. The number of nitrogens with zero attached hydrogens (tertiary/aromatic N) is 2. The van der Waals surface area contributed by atoms with Gasteiger partial charge in [-0.1, -0.05) is 12.1 Å². The predicted molar refractivity (Wildman–Crippen MR) is 78.3 cm³/mol. The third-order valence-electron chi connectivity index (χ3n) is 3.42. The summed E-state index contributed by atoms with van der Waals surface area (Å²) < 4.78 is 0. The van der Waals surface area contributed by atoms with E-state index in [4.69, 9.17) is 0 Å². The average Bonchev–Trinajstić information content (AvgIpc) is 3.20. The van der Waals surface area contributed by atoms with E-state index in [0.29, 0.717) is 6.54 Å². The normalized spacial score (nSPS) is 14.3. The Kier molecular flexibility index (Phi) is 4.43. The van der Waals surface area contributed by atoms with E-state index in [-0.39, 0.29) is 5.91 Å². The quantitative estimate of drug-likeness (QED) is 0.842. The van der Waals surface area contributed by atoms with Crippen LogP contribution in [0.3, 0.4) is 0 Å². The molecule has 0 radical (unpaired) electrons. The fourth-order valence-electron chi connectivity index (χ4n) is 1.85. The summed E-state index contributed by atoms with van der Waals surface area (Å²) in [6.07, 6.45) is 2.63. The smallest absolute Gasteiger partial charge is 0.241 e. The number of anilines is 1. The molecule has 1 aromatic carbocycles. The number of carbonyl (C=O) groups excluding carboxylic acids is 1. The van der Waals surface area contributed by atoms with Crippen LogP contribution in [0, 0.1) is 0 Å². The Morgan fingerprint density at radius 2 is 1.84 bits per heavy atom. The number of hydrogen-bond acceptors (Lipinski definition) is 3. The summed E-state index contributed by atoms with van der Waals surface area (Å²) in [6, 6.07) is 9.14. The number of rotatable bonds is 6. The summed E-state index contributed by atoms with van der Waals surface area (Å²) in [5.41, 5.74) is 2.37. The van der Waals surface area contributed by atoms with E-state index in [1.807, 2.05) is 11.9 Å². The van der Waals surface area contributed by atoms with Crippen LogP contribution in [0.1, 0.15) is 18.4 Å². The SMILES string of the molecule is CN(C)C(=O)CN(C)c1ccc(CNC2CC2)cc1. The van der Waals surface area contributed by atoms with Crippen molar-refractivity contribution in [2.75, 3.05) is 32.6 Å². The van der Waals surface area contributed by atoms with Crippen LogP contribution in [0.25, 0.3) is 0 Å². The van der Waals surface area contributed by atoms with Crippen molar-refractivity contribution in [3.8, 4) is 0 Å². The van der Waals surface area contributed by atoms with E-state index in [0.717, 1.165) is 18.3 Å². The second-order valence-corrected chi connectivity index (χ2v) is 5.47. The van der Waals surface area contributed by atoms with Crippen molar-refractivity contribution in [1.29, 1.82) is 0 Å². The zero-order valence-corrected chi connectivity index (χ0v) is 12.0. The number of likely N-dealkylation sites (N-methyl/N-ethyl adjacent to an activating group) is 2. The van der Waals surface area contributed by atoms with Crippen LogP contribution < -0.4 is 10.2 Å². The van der Waals surface area contributed by atoms with Crippen LogP contribution in [0.5, 0.6) is 0 Å². The molecule has 0 heterocycles. The molecule has 1 N–H and O–H groups in total. The standard InChI is InChI=1S/C15H23N3O/c1-17(2)15(19)11-18(3)14-8-4-12(5-9-14)10-16-13-6-7-13/h4-5,8-9,13,16H,6-7,10-11H2,1-3H3. The van der Waals surface area contributed by atoms with Crippen molar-refractivity contribution in [3.05, 3.63) is 29.8 Å². The molecule has 1 amide bonds. The van der Waals surface area contributed by atoms with Gasteiger partial charge in [-0.05, 0) is 30.5 Å². The molecule has 19 heavy (non-hydrogen) atoms. The molecular weight excluding hydrogens is 238 g/mol. The van der Waals surface area contributed by atoms with Crippen molar-refractivity contribution in [1.82, 2.24) is 10.2 Å². The molecule has 1 aromatic rings. The monoisotopic (exact) mass is 261 g/mol. The lowest BCUT2D eigenvalue weighted by molar-refractivity contribution is -0.127. The lowest BCUT2D eigenvalue weighted by atomic mass is 10.2. The fourth-order valence-corrected chi connectivity index (χ4v) is 1.85. The Morgan fingerprint density at radius 1 is 1.21 bits per heavy atom. The van der Waals surface area contributed by atoms with E-state index in [2.05, 4.69) is 29.6 Å². The Hall–Kier alpha value is -1.55. The first-order valence-electron chi connectivity index (χ1n) is 6.80. The van der Waals surface area contributed by atoms with E-state index >= 15 is 0 Å². The second kappa shape index (κ2) is 6.06. The van der Waals surface area contributed by atoms with Crippen LogP contribution in [-0.4, -0.2) is 44.5 Å². The number of amides is 1. The van der Waals surface area contributed by atoms with Crippen LogP contribution in [0.15, 0.2) is 24.3 Å². The highest BCUT2D eigenvalue weighted by Gasteiger charge is 2.19. The van der Waals surface area contributed by atoms with Gasteiger partial charge < -0.3 is 15.1 Å². The highest BCUT2D eigenvalue weighted by Crippen LogP contribution is 2.20. The summed E-state index contributed by atoms with van der Waals surface area (Å²) >= 11 is 0. The maximum absolute atomic E-state index is 11.7. The molecule has 1 saturated carbocycles. The van der Waals surface area contributed by atoms with Gasteiger partial charge >= 0.3 is 0 Å². The Morgan fingerprint density at radius 3 is 2.37 bits per heavy atom. The first kappa shape index (κ1) is 13.9. The third-order valence-corrected chi connectivity index (χ3v) is 3.42. The largest absolute Gasteiger partial charge is 0.365 e. The van der Waals surface area contributed by atoms with Gasteiger partial charge in [0.15, 0.2) is 0 Å². The van der Waals surface area contributed by atoms with Crippen molar-refractivity contribution in [2.24, 2.45) is 0 Å². The lowest BCUT2D eigenvalue weighted by Gasteiger charge is -2.21. The molecule has 0 saturated heterocycles. The first-order valence-corrected chi connectivity index (χ1v) is 6.80. The van der Waals surface area contributed by atoms with Gasteiger partial charge in [0.1, 0.15) is 0 Å². The van der Waals surface area contributed by atoms with Crippen molar-refractivity contribution < 1.29 is 4.79 Å². The molecule has 1 aliphatic carbocycles. The molecule has 1 fully saturated rings. The predicted octanol–water partition coefficient (Wildman–Crippen LogP) is 1.46. The van der Waals surface area contributed by atoms with Gasteiger partial charge in [-0.15, -0.1) is 0 Å². The Balaban J connectivity index is 1.87. The second-order valence-electron chi connectivity index (χ2n) is 5.47. The number of nitrogens with one attached hydrogen (secondary N) is 1. The minimum absolute atomic E-state index is 0.113. The number of carbonyl (C=O) groups is 1. The molecular formula is C15H23N3O. The molecule has 0 unspecified atom stereocenters. The van der Waals surface area contributed by atoms with E-state index in [1.54, 1.807) is 19.0 Å². The first-order chi connectivity index (χ1) is 9.06. The average molecular weight is 261 g/mol. The maximum Gasteiger partial charge on any atom is 0.241 e. The van der Waals surface area contributed by atoms with Gasteiger partial charge in [-0.25, -0.2) is 0 Å². The summed E-state index contributed by atoms with van der Waals surface area (Å²) in [5.74, 6) is 0.113. The molecule has 4 nitrogen and oxygen atoms in total. The third kappa shape index (κ3) is 4.24. The van der Waals surface area contributed by atoms with Crippen LogP contribution in [-0.2, 0) is 11.3 Å². The number of benzene rings is 1. The summed E-state index contributed by atoms with van der Waals surface area (Å²) in [5, 5.41) is 3.49. The minimum atomic E-state index is 0.113. The van der Waals surface area contributed by atoms with Gasteiger partial charge in [0, 0.05) is 39.4 Å². The van der Waals surface area contributed by atoms with Gasteiger partial charge in [-0.2, -0.15) is 0 Å². The molecule has 0 spiro atoms. The van der Waals surface area contributed by atoms with Crippen molar-refractivity contribution in [3.63, 3.8) is 0 Å². The van der Waals surface area contributed by atoms with Gasteiger partial charge in [0.2, 0.25) is 5.91 Å². The molecule has 4 heteroatoms. The van der Waals surface area contributed by atoms with Crippen molar-refractivity contribution in [2.45, 2.75) is 25.4 Å². The van der Waals surface area contributed by atoms with Gasteiger partial charge in [-0.3, -0.25) is 4.79 Å². The summed E-state index contributed by atoms with van der Waals surface area (Å²) in [7, 11) is 5.50. The highest BCUT2D eigenvalue weighted by atomic mass is 16.2. The number of hydrogen-bond donors (Lipinski definition) is 1. The Labute approximate surface area is 115 Å². The molecule has 2 rings (SSSR count). The molecule has 104 valence electrons. The topological polar surface area (TPSA) is 35.6 Å². The zero-order valence-electron chi connectivity index (χ0n) is 12.0. The minimum Gasteiger partial charge on any atom is -0.365 e. The van der Waals surface area contributed by atoms with E-state index in [1.165, 1.54) is 18.4 Å². The summed E-state index contributed by atoms with van der Waals surface area (Å²) in [4.78, 5) is 15.2. The summed E-state index contributed by atoms with van der Waals surface area (Å²) in [6.45, 7) is 1.35. The highest BCUT2D eigenvalue weighted by molar-refractivity contribution is 5.80. The van der Waals surface area contributed by atoms with Crippen molar-refractivity contribution >= 4 is 11.6 Å². The van der Waals surface area contributed by atoms with Crippen LogP contribution in [0.4, 0.5) is 5.69 Å². The molecule has 0 aliphatic heterocycles. The van der Waals surface area contributed by atoms with Gasteiger partial charge in [0.25, 0.3) is 0 Å². The van der Waals surface area contributed by atoms with E-state index in [9.17, 15) is 4.79 Å². The zero-order chi connectivity index (χ0) is 13.8. The van der Waals surface area contributed by atoms with Gasteiger partial charge in [0.05, 0.1) is 6.54 Å². The van der Waals surface area contributed by atoms with Crippen LogP contribution >= 0.6 is 0 Å². The molecule has 0 atom stereocenters. The molecule has 0 bridgehead atoms. The Bertz CT molecular complexity index is 424.